The van der Waals surface area contributed by atoms with E-state index in [9.17, 15) is 19.5 Å². The summed E-state index contributed by atoms with van der Waals surface area (Å²) in [6, 6.07) is 0. The van der Waals surface area contributed by atoms with Crippen molar-refractivity contribution < 1.29 is 42.9 Å². The third-order valence-electron chi connectivity index (χ3n) is 13.5. The number of hydrogen-bond acceptors (Lipinski definition) is 7. The molecular weight excluding hydrogens is 983 g/mol. The highest BCUT2D eigenvalue weighted by molar-refractivity contribution is 5.71. The molecule has 0 bridgehead atoms. The molecule has 0 rings (SSSR count). The second-order valence-corrected chi connectivity index (χ2v) is 22.3. The Hall–Kier alpha value is -4.05. The van der Waals surface area contributed by atoms with E-state index in [1.165, 1.54) is 141 Å². The van der Waals surface area contributed by atoms with Crippen LogP contribution in [-0.2, 0) is 33.3 Å². The molecule has 9 heteroatoms. The molecule has 0 aliphatic rings. The van der Waals surface area contributed by atoms with Gasteiger partial charge < -0.3 is 28.5 Å². The van der Waals surface area contributed by atoms with E-state index in [1.807, 2.05) is 21.1 Å². The quantitative estimate of drug-likeness (QED) is 0.0211. The number of carboxylic acid groups (broad SMARTS) is 1. The van der Waals surface area contributed by atoms with E-state index < -0.39 is 24.3 Å². The van der Waals surface area contributed by atoms with E-state index in [0.29, 0.717) is 17.4 Å². The van der Waals surface area contributed by atoms with Crippen LogP contribution < -0.4 is 0 Å². The Morgan fingerprint density at radius 1 is 0.392 bits per heavy atom. The molecule has 0 saturated heterocycles. The Balaban J connectivity index is 4.28. The second kappa shape index (κ2) is 60.1. The van der Waals surface area contributed by atoms with Crippen molar-refractivity contribution in [2.75, 3.05) is 47.5 Å². The number of unbranched alkanes of at least 4 members (excludes halogenated alkanes) is 25. The minimum atomic E-state index is -1.53. The maximum atomic E-state index is 12.9. The number of carboxylic acids is 1. The molecule has 2 unspecified atom stereocenters. The average Bonchev–Trinajstić information content (AvgIpc) is 3.42. The highest BCUT2D eigenvalue weighted by Crippen LogP contribution is 2.16. The summed E-state index contributed by atoms with van der Waals surface area (Å²) in [5, 5.41) is 9.72. The number of likely N-dealkylation sites (N-methyl/N-ethyl adjacent to an activating group) is 1. The van der Waals surface area contributed by atoms with Gasteiger partial charge in [-0.25, -0.2) is 4.79 Å². The number of nitrogens with zero attached hydrogens (tertiary/aromatic N) is 1. The molecule has 79 heavy (non-hydrogen) atoms. The minimum Gasteiger partial charge on any atom is -0.477 e. The largest absolute Gasteiger partial charge is 0.477 e. The Bertz CT molecular complexity index is 1660. The predicted octanol–water partition coefficient (Wildman–Crippen LogP) is 19.5. The van der Waals surface area contributed by atoms with Crippen LogP contribution in [0.4, 0.5) is 0 Å². The molecule has 0 heterocycles. The number of carbonyl (C=O) groups is 3. The lowest BCUT2D eigenvalue weighted by Gasteiger charge is -2.25. The van der Waals surface area contributed by atoms with Crippen LogP contribution in [-0.4, -0.2) is 87.4 Å². The number of aliphatic carboxylic acids is 1. The number of rotatable bonds is 58. The smallest absolute Gasteiger partial charge is 0.361 e. The van der Waals surface area contributed by atoms with E-state index in [2.05, 4.69) is 123 Å². The molecule has 1 N–H and O–H groups in total. The summed E-state index contributed by atoms with van der Waals surface area (Å²) in [7, 11) is 5.95. The van der Waals surface area contributed by atoms with Gasteiger partial charge in [-0.2, -0.15) is 0 Å². The molecule has 0 aliphatic carbocycles. The van der Waals surface area contributed by atoms with Crippen molar-refractivity contribution in [3.05, 3.63) is 109 Å². The van der Waals surface area contributed by atoms with Crippen molar-refractivity contribution in [3.63, 3.8) is 0 Å². The lowest BCUT2D eigenvalue weighted by atomic mass is 10.0. The Morgan fingerprint density at radius 3 is 1.11 bits per heavy atom. The SMILES string of the molecule is CC/C=C\C/C=C\C/C=C\C/C=C\C/C=C\C/C=C\C/C=C\C/C=C\CCCCC(=O)OC(COC(=O)CCCCCCCCCCCCCCCCC/C=C\CCCCCCCCCC)COC(OCC[N+](C)(C)C)C(=O)O. The lowest BCUT2D eigenvalue weighted by molar-refractivity contribution is -0.870. The molecule has 0 aromatic rings. The number of esters is 2. The van der Waals surface area contributed by atoms with Gasteiger partial charge in [-0.3, -0.25) is 9.59 Å². The summed E-state index contributed by atoms with van der Waals surface area (Å²) in [4.78, 5) is 37.5. The number of ether oxygens (including phenoxy) is 4. The van der Waals surface area contributed by atoms with Gasteiger partial charge in [0, 0.05) is 12.8 Å². The van der Waals surface area contributed by atoms with Crippen molar-refractivity contribution in [2.45, 2.75) is 270 Å². The van der Waals surface area contributed by atoms with Crippen molar-refractivity contribution >= 4 is 17.9 Å². The summed E-state index contributed by atoms with van der Waals surface area (Å²) in [5.41, 5.74) is 0. The molecule has 0 aromatic carbocycles. The molecule has 2 atom stereocenters. The van der Waals surface area contributed by atoms with E-state index in [0.717, 1.165) is 83.5 Å². The first-order valence-electron chi connectivity index (χ1n) is 32.1. The summed E-state index contributed by atoms with van der Waals surface area (Å²) >= 11 is 0. The minimum absolute atomic E-state index is 0.174. The molecule has 9 nitrogen and oxygen atoms in total. The molecule has 0 saturated carbocycles. The van der Waals surface area contributed by atoms with Gasteiger partial charge in [0.1, 0.15) is 13.2 Å². The molecule has 0 spiro atoms. The van der Waals surface area contributed by atoms with Crippen LogP contribution >= 0.6 is 0 Å². The molecule has 0 fully saturated rings. The highest BCUT2D eigenvalue weighted by Gasteiger charge is 2.25. The fourth-order valence-electron chi connectivity index (χ4n) is 8.61. The van der Waals surface area contributed by atoms with Crippen molar-refractivity contribution in [3.8, 4) is 0 Å². The van der Waals surface area contributed by atoms with Gasteiger partial charge in [0.2, 0.25) is 0 Å². The number of allylic oxidation sites excluding steroid dienone is 18. The van der Waals surface area contributed by atoms with Crippen LogP contribution in [0.25, 0.3) is 0 Å². The first-order chi connectivity index (χ1) is 38.6. The first-order valence-corrected chi connectivity index (χ1v) is 32.1. The van der Waals surface area contributed by atoms with Gasteiger partial charge in [-0.15, -0.1) is 0 Å². The van der Waals surface area contributed by atoms with Gasteiger partial charge in [0.05, 0.1) is 34.4 Å². The van der Waals surface area contributed by atoms with Crippen molar-refractivity contribution in [1.82, 2.24) is 0 Å². The molecule has 0 aromatic heterocycles. The summed E-state index contributed by atoms with van der Waals surface area (Å²) in [5.74, 6) is -2.07. The number of hydrogen-bond donors (Lipinski definition) is 1. The third kappa shape index (κ3) is 61.4. The molecule has 0 amide bonds. The van der Waals surface area contributed by atoms with Gasteiger partial charge in [-0.1, -0.05) is 252 Å². The van der Waals surface area contributed by atoms with Crippen LogP contribution in [0.2, 0.25) is 0 Å². The zero-order chi connectivity index (χ0) is 57.6. The van der Waals surface area contributed by atoms with Crippen LogP contribution in [0, 0.1) is 0 Å². The normalized spacial score (nSPS) is 13.5. The third-order valence-corrected chi connectivity index (χ3v) is 13.5. The Kier molecular flexibility index (Phi) is 57.0. The van der Waals surface area contributed by atoms with Gasteiger partial charge >= 0.3 is 17.9 Å². The topological polar surface area (TPSA) is 108 Å². The van der Waals surface area contributed by atoms with Crippen molar-refractivity contribution in [2.24, 2.45) is 0 Å². The van der Waals surface area contributed by atoms with Crippen LogP contribution in [0.5, 0.6) is 0 Å². The zero-order valence-corrected chi connectivity index (χ0v) is 51.5. The Labute approximate surface area is 485 Å². The summed E-state index contributed by atoms with van der Waals surface area (Å²) in [6.45, 7) is 4.72. The summed E-state index contributed by atoms with van der Waals surface area (Å²) in [6.07, 6.45) is 80.5. The first kappa shape index (κ1) is 75.0. The standard InChI is InChI=1S/C70H119NO8/c1-6-8-10-12-14-16-18-20-22-24-26-28-30-32-34-36-38-40-42-44-46-48-50-52-54-56-58-60-67(72)77-64-66(65-78-70(69(74)75)76-63-62-71(3,4)5)79-68(73)61-59-57-55-53-51-49-47-45-43-41-39-37-35-33-31-29-27-25-23-21-19-17-15-13-11-9-7-2/h9,11,15,17,21,23-24,26-27,29,33,35,39,41,45,47,51,53,66,70H,6-8,10,12-14,16,18-20,22,25,28,30-32,34,36-38,40,42-44,46,48-50,52,54-65H2,1-5H3/p+1/b11-9-,17-15-,23-21-,26-24-,29-27-,35-33-,41-39-,47-45-,53-51-. The second-order valence-electron chi connectivity index (χ2n) is 22.3. The molecule has 0 radical (unpaired) electrons. The fourth-order valence-corrected chi connectivity index (χ4v) is 8.61. The number of carbonyl (C=O) groups excluding carboxylic acids is 2. The molecule has 0 aliphatic heterocycles. The van der Waals surface area contributed by atoms with Gasteiger partial charge in [0.15, 0.2) is 6.10 Å². The average molecular weight is 1100 g/mol. The molecule has 452 valence electrons. The maximum Gasteiger partial charge on any atom is 0.361 e. The highest BCUT2D eigenvalue weighted by atomic mass is 16.7. The lowest BCUT2D eigenvalue weighted by Crippen LogP contribution is -2.40. The van der Waals surface area contributed by atoms with Crippen LogP contribution in [0.3, 0.4) is 0 Å². The van der Waals surface area contributed by atoms with E-state index in [1.54, 1.807) is 0 Å². The van der Waals surface area contributed by atoms with Crippen LogP contribution in [0.1, 0.15) is 258 Å². The number of quaternary nitrogens is 1. The fraction of sp³-hybridized carbons (Fsp3) is 0.700. The Morgan fingerprint density at radius 2 is 0.722 bits per heavy atom. The summed E-state index contributed by atoms with van der Waals surface area (Å²) < 4.78 is 22.9. The van der Waals surface area contributed by atoms with E-state index >= 15 is 0 Å². The van der Waals surface area contributed by atoms with E-state index in [-0.39, 0.29) is 38.6 Å². The van der Waals surface area contributed by atoms with Crippen LogP contribution in [0.15, 0.2) is 109 Å². The predicted molar refractivity (Wildman–Crippen MR) is 336 cm³/mol. The zero-order valence-electron chi connectivity index (χ0n) is 51.5. The van der Waals surface area contributed by atoms with Gasteiger partial charge in [0.25, 0.3) is 6.29 Å². The monoisotopic (exact) mass is 1100 g/mol. The van der Waals surface area contributed by atoms with E-state index in [4.69, 9.17) is 18.9 Å². The van der Waals surface area contributed by atoms with Crippen molar-refractivity contribution in [1.29, 1.82) is 0 Å². The maximum absolute atomic E-state index is 12.9. The van der Waals surface area contributed by atoms with Gasteiger partial charge in [-0.05, 0) is 103 Å². The molecular formula is C70H120NO8+.